The van der Waals surface area contributed by atoms with Crippen molar-refractivity contribution in [2.45, 2.75) is 33.4 Å². The number of nitrogens with one attached hydrogen (secondary N) is 1. The van der Waals surface area contributed by atoms with E-state index in [0.717, 1.165) is 11.3 Å². The van der Waals surface area contributed by atoms with Crippen molar-refractivity contribution in [3.8, 4) is 5.75 Å². The highest BCUT2D eigenvalue weighted by molar-refractivity contribution is 5.94. The third-order valence-electron chi connectivity index (χ3n) is 3.95. The van der Waals surface area contributed by atoms with E-state index >= 15 is 0 Å². The van der Waals surface area contributed by atoms with Gasteiger partial charge in [-0.25, -0.2) is 0 Å². The van der Waals surface area contributed by atoms with E-state index < -0.39 is 0 Å². The molecule has 1 unspecified atom stereocenters. The molecule has 0 bridgehead atoms. The standard InChI is InChI=1S/C20H26N2O2/c1-20(2,3)18(13-21)22-19(23)16-9-11-17(12-10-16)24-14-15-7-5-4-6-8-15/h4-12,18H,13-14,21H2,1-3H3,(H,22,23). The summed E-state index contributed by atoms with van der Waals surface area (Å²) >= 11 is 0. The van der Waals surface area contributed by atoms with E-state index in [1.807, 2.05) is 42.5 Å². The summed E-state index contributed by atoms with van der Waals surface area (Å²) in [7, 11) is 0. The molecule has 2 rings (SSSR count). The van der Waals surface area contributed by atoms with Gasteiger partial charge >= 0.3 is 0 Å². The highest BCUT2D eigenvalue weighted by Crippen LogP contribution is 2.19. The molecule has 0 aliphatic carbocycles. The average molecular weight is 326 g/mol. The van der Waals surface area contributed by atoms with Crippen molar-refractivity contribution in [3.05, 3.63) is 65.7 Å². The van der Waals surface area contributed by atoms with Gasteiger partial charge in [-0.3, -0.25) is 4.79 Å². The first-order valence-electron chi connectivity index (χ1n) is 8.18. The predicted molar refractivity (Wildman–Crippen MR) is 97.0 cm³/mol. The van der Waals surface area contributed by atoms with Crippen LogP contribution in [0, 0.1) is 5.41 Å². The lowest BCUT2D eigenvalue weighted by atomic mass is 9.86. The second-order valence-electron chi connectivity index (χ2n) is 6.93. The maximum Gasteiger partial charge on any atom is 0.251 e. The van der Waals surface area contributed by atoms with Crippen LogP contribution >= 0.6 is 0 Å². The second-order valence-corrected chi connectivity index (χ2v) is 6.93. The van der Waals surface area contributed by atoms with Gasteiger partial charge in [-0.15, -0.1) is 0 Å². The summed E-state index contributed by atoms with van der Waals surface area (Å²) in [5.41, 5.74) is 7.40. The van der Waals surface area contributed by atoms with E-state index in [2.05, 4.69) is 26.1 Å². The lowest BCUT2D eigenvalue weighted by Crippen LogP contribution is -2.48. The van der Waals surface area contributed by atoms with Gasteiger partial charge in [-0.1, -0.05) is 51.1 Å². The van der Waals surface area contributed by atoms with Gasteiger partial charge in [0.05, 0.1) is 0 Å². The fourth-order valence-electron chi connectivity index (χ4n) is 2.31. The van der Waals surface area contributed by atoms with Crippen LogP contribution in [0.4, 0.5) is 0 Å². The first kappa shape index (κ1) is 18.0. The molecule has 0 aromatic heterocycles. The topological polar surface area (TPSA) is 64.3 Å². The molecule has 0 aliphatic rings. The van der Waals surface area contributed by atoms with E-state index in [4.69, 9.17) is 10.5 Å². The SMILES string of the molecule is CC(C)(C)C(CN)NC(=O)c1ccc(OCc2ccccc2)cc1. The average Bonchev–Trinajstić information content (AvgIpc) is 2.58. The summed E-state index contributed by atoms with van der Waals surface area (Å²) in [6.07, 6.45) is 0. The molecule has 0 saturated carbocycles. The number of nitrogens with two attached hydrogens (primary N) is 1. The van der Waals surface area contributed by atoms with Crippen molar-refractivity contribution in [3.63, 3.8) is 0 Å². The predicted octanol–water partition coefficient (Wildman–Crippen LogP) is 3.37. The lowest BCUT2D eigenvalue weighted by Gasteiger charge is -2.30. The third-order valence-corrected chi connectivity index (χ3v) is 3.95. The zero-order chi connectivity index (χ0) is 17.6. The Morgan fingerprint density at radius 2 is 1.71 bits per heavy atom. The number of carbonyl (C=O) groups is 1. The molecule has 4 nitrogen and oxygen atoms in total. The molecule has 128 valence electrons. The normalized spacial score (nSPS) is 12.5. The first-order chi connectivity index (χ1) is 11.4. The smallest absolute Gasteiger partial charge is 0.251 e. The van der Waals surface area contributed by atoms with Gasteiger partial charge in [0.25, 0.3) is 5.91 Å². The molecule has 0 aliphatic heterocycles. The van der Waals surface area contributed by atoms with Crippen LogP contribution in [0.25, 0.3) is 0 Å². The Morgan fingerprint density at radius 1 is 1.08 bits per heavy atom. The Morgan fingerprint density at radius 3 is 2.25 bits per heavy atom. The molecule has 2 aromatic rings. The molecule has 1 atom stereocenters. The Labute approximate surface area is 144 Å². The zero-order valence-corrected chi connectivity index (χ0v) is 14.6. The fourth-order valence-corrected chi connectivity index (χ4v) is 2.31. The number of ether oxygens (including phenoxy) is 1. The molecule has 0 spiro atoms. The van der Waals surface area contributed by atoms with E-state index in [1.54, 1.807) is 12.1 Å². The molecule has 0 saturated heterocycles. The zero-order valence-electron chi connectivity index (χ0n) is 14.6. The largest absolute Gasteiger partial charge is 0.489 e. The van der Waals surface area contributed by atoms with Crippen molar-refractivity contribution in [2.75, 3.05) is 6.54 Å². The molecule has 1 amide bonds. The number of amides is 1. The minimum atomic E-state index is -0.116. The van der Waals surface area contributed by atoms with Gasteiger partial charge in [0.1, 0.15) is 12.4 Å². The summed E-state index contributed by atoms with van der Waals surface area (Å²) in [5.74, 6) is 0.622. The summed E-state index contributed by atoms with van der Waals surface area (Å²) in [6, 6.07) is 17.1. The molecule has 24 heavy (non-hydrogen) atoms. The second kappa shape index (κ2) is 7.97. The Bertz CT molecular complexity index is 646. The maximum absolute atomic E-state index is 12.3. The van der Waals surface area contributed by atoms with Crippen molar-refractivity contribution >= 4 is 5.91 Å². The molecular weight excluding hydrogens is 300 g/mol. The van der Waals surface area contributed by atoms with E-state index in [9.17, 15) is 4.79 Å². The van der Waals surface area contributed by atoms with Crippen molar-refractivity contribution in [2.24, 2.45) is 11.1 Å². The van der Waals surface area contributed by atoms with Gasteiger partial charge < -0.3 is 15.8 Å². The van der Waals surface area contributed by atoms with Crippen molar-refractivity contribution < 1.29 is 9.53 Å². The molecule has 4 heteroatoms. The molecular formula is C20H26N2O2. The van der Waals surface area contributed by atoms with Gasteiger partial charge in [0.15, 0.2) is 0 Å². The number of rotatable bonds is 6. The van der Waals surface area contributed by atoms with Crippen molar-refractivity contribution in [1.29, 1.82) is 0 Å². The fraction of sp³-hybridized carbons (Fsp3) is 0.350. The van der Waals surface area contributed by atoms with E-state index in [0.29, 0.717) is 18.7 Å². The van der Waals surface area contributed by atoms with Gasteiger partial charge in [0, 0.05) is 18.2 Å². The van der Waals surface area contributed by atoms with Crippen LogP contribution in [-0.2, 0) is 6.61 Å². The Hall–Kier alpha value is -2.33. The van der Waals surface area contributed by atoms with E-state index in [1.165, 1.54) is 0 Å². The number of benzene rings is 2. The highest BCUT2D eigenvalue weighted by atomic mass is 16.5. The van der Waals surface area contributed by atoms with Crippen LogP contribution in [0.3, 0.4) is 0 Å². The Balaban J connectivity index is 1.94. The summed E-state index contributed by atoms with van der Waals surface area (Å²) in [6.45, 7) is 7.10. The Kier molecular flexibility index (Phi) is 5.99. The lowest BCUT2D eigenvalue weighted by molar-refractivity contribution is 0.0905. The molecule has 3 N–H and O–H groups in total. The van der Waals surface area contributed by atoms with Crippen LogP contribution in [0.5, 0.6) is 5.75 Å². The van der Waals surface area contributed by atoms with Crippen LogP contribution in [0.1, 0.15) is 36.7 Å². The van der Waals surface area contributed by atoms with Gasteiger partial charge in [-0.05, 0) is 35.2 Å². The van der Waals surface area contributed by atoms with Crippen LogP contribution in [0.2, 0.25) is 0 Å². The molecule has 2 aromatic carbocycles. The number of carbonyl (C=O) groups excluding carboxylic acids is 1. The summed E-state index contributed by atoms with van der Waals surface area (Å²) in [4.78, 5) is 12.3. The molecule has 0 heterocycles. The van der Waals surface area contributed by atoms with Crippen LogP contribution in [-0.4, -0.2) is 18.5 Å². The van der Waals surface area contributed by atoms with Gasteiger partial charge in [-0.2, -0.15) is 0 Å². The molecule has 0 radical (unpaired) electrons. The summed E-state index contributed by atoms with van der Waals surface area (Å²) in [5, 5.41) is 3.00. The van der Waals surface area contributed by atoms with Crippen LogP contribution < -0.4 is 15.8 Å². The minimum Gasteiger partial charge on any atom is -0.489 e. The summed E-state index contributed by atoms with van der Waals surface area (Å²) < 4.78 is 5.73. The number of hydrogen-bond acceptors (Lipinski definition) is 3. The quantitative estimate of drug-likeness (QED) is 0.855. The van der Waals surface area contributed by atoms with Gasteiger partial charge in [0.2, 0.25) is 0 Å². The molecule has 0 fully saturated rings. The highest BCUT2D eigenvalue weighted by Gasteiger charge is 2.25. The third kappa shape index (κ3) is 5.10. The minimum absolute atomic E-state index is 0.0704. The van der Waals surface area contributed by atoms with Crippen molar-refractivity contribution in [1.82, 2.24) is 5.32 Å². The first-order valence-corrected chi connectivity index (χ1v) is 8.18. The monoisotopic (exact) mass is 326 g/mol. The van der Waals surface area contributed by atoms with E-state index in [-0.39, 0.29) is 17.4 Å². The maximum atomic E-state index is 12.3. The van der Waals surface area contributed by atoms with Crippen LogP contribution in [0.15, 0.2) is 54.6 Å². The number of hydrogen-bond donors (Lipinski definition) is 2.